The summed E-state index contributed by atoms with van der Waals surface area (Å²) < 4.78 is 10.1. The van der Waals surface area contributed by atoms with E-state index in [9.17, 15) is 0 Å². The normalized spacial score (nSPS) is 10.3. The summed E-state index contributed by atoms with van der Waals surface area (Å²) in [5, 5.41) is 0.948. The van der Waals surface area contributed by atoms with Gasteiger partial charge >= 0.3 is 0 Å². The molecule has 0 unspecified atom stereocenters. The van der Waals surface area contributed by atoms with Crippen molar-refractivity contribution in [1.29, 1.82) is 0 Å². The van der Waals surface area contributed by atoms with E-state index in [-0.39, 0.29) is 0 Å². The summed E-state index contributed by atoms with van der Waals surface area (Å²) in [6.45, 7) is 0. The highest BCUT2D eigenvalue weighted by atomic mass is 16.5. The van der Waals surface area contributed by atoms with Gasteiger partial charge in [-0.3, -0.25) is 0 Å². The number of fused-ring (bicyclic) bond motifs is 1. The van der Waals surface area contributed by atoms with E-state index in [0.29, 0.717) is 0 Å². The Kier molecular flexibility index (Phi) is 1.32. The molecule has 0 saturated heterocycles. The second kappa shape index (κ2) is 2.31. The topological polar surface area (TPSA) is 22.4 Å². The Bertz CT molecular complexity index is 362. The van der Waals surface area contributed by atoms with Crippen molar-refractivity contribution >= 4 is 11.0 Å². The zero-order chi connectivity index (χ0) is 7.68. The number of furan rings is 1. The molecule has 2 rings (SSSR count). The number of benzene rings is 1. The molecule has 2 nitrogen and oxygen atoms in total. The number of rotatable bonds is 1. The van der Waals surface area contributed by atoms with Crippen LogP contribution < -0.4 is 4.74 Å². The molecule has 2 heteroatoms. The van der Waals surface area contributed by atoms with E-state index in [1.165, 1.54) is 0 Å². The highest BCUT2D eigenvalue weighted by molar-refractivity contribution is 5.77. The Morgan fingerprint density at radius 1 is 1.45 bits per heavy atom. The maximum absolute atomic E-state index is 5.11. The fraction of sp³-hybridized carbons (Fsp3) is 0.111. The first-order valence-electron chi connectivity index (χ1n) is 3.33. The number of hydrogen-bond acceptors (Lipinski definition) is 2. The summed E-state index contributed by atoms with van der Waals surface area (Å²) in [5.41, 5.74) is 0.839. The number of hydrogen-bond donors (Lipinski definition) is 0. The van der Waals surface area contributed by atoms with Crippen molar-refractivity contribution in [3.63, 3.8) is 0 Å². The lowest BCUT2D eigenvalue weighted by molar-refractivity contribution is 0.415. The van der Waals surface area contributed by atoms with Gasteiger partial charge in [0.25, 0.3) is 0 Å². The van der Waals surface area contributed by atoms with E-state index in [1.807, 2.05) is 18.2 Å². The smallest absolute Gasteiger partial charge is 0.134 e. The highest BCUT2D eigenvalue weighted by Crippen LogP contribution is 2.20. The molecule has 55 valence electrons. The molecule has 1 aromatic carbocycles. The molecule has 1 heterocycles. The van der Waals surface area contributed by atoms with E-state index in [2.05, 4.69) is 6.07 Å². The molecule has 0 aliphatic heterocycles. The van der Waals surface area contributed by atoms with Gasteiger partial charge in [0.15, 0.2) is 0 Å². The Morgan fingerprint density at radius 2 is 2.36 bits per heavy atom. The van der Waals surface area contributed by atoms with E-state index in [0.717, 1.165) is 16.7 Å². The van der Waals surface area contributed by atoms with Crippen LogP contribution >= 0.6 is 0 Å². The van der Waals surface area contributed by atoms with Gasteiger partial charge < -0.3 is 9.15 Å². The third kappa shape index (κ3) is 0.963. The summed E-state index contributed by atoms with van der Waals surface area (Å²) >= 11 is 0. The third-order valence-corrected chi connectivity index (χ3v) is 1.59. The van der Waals surface area contributed by atoms with Crippen LogP contribution in [0.5, 0.6) is 5.75 Å². The zero-order valence-corrected chi connectivity index (χ0v) is 6.13. The summed E-state index contributed by atoms with van der Waals surface area (Å²) in [4.78, 5) is 0. The van der Waals surface area contributed by atoms with Gasteiger partial charge in [-0.25, -0.2) is 0 Å². The van der Waals surface area contributed by atoms with Gasteiger partial charge in [0.05, 0.1) is 13.4 Å². The van der Waals surface area contributed by atoms with Crippen LogP contribution in [0.1, 0.15) is 0 Å². The van der Waals surface area contributed by atoms with E-state index >= 15 is 0 Å². The molecule has 1 radical (unpaired) electrons. The molecule has 0 amide bonds. The largest absolute Gasteiger partial charge is 0.497 e. The molecule has 0 fully saturated rings. The van der Waals surface area contributed by atoms with Crippen LogP contribution in [0.3, 0.4) is 0 Å². The molecular weight excluding hydrogens is 140 g/mol. The average molecular weight is 147 g/mol. The Balaban J connectivity index is 2.67. The van der Waals surface area contributed by atoms with Crippen molar-refractivity contribution in [3.8, 4) is 5.75 Å². The summed E-state index contributed by atoms with van der Waals surface area (Å²) in [7, 11) is 1.64. The summed E-state index contributed by atoms with van der Waals surface area (Å²) in [5.74, 6) is 0.829. The summed E-state index contributed by atoms with van der Waals surface area (Å²) in [6.07, 6.45) is 1.55. The van der Waals surface area contributed by atoms with Crippen LogP contribution in [-0.4, -0.2) is 7.11 Å². The average Bonchev–Trinajstić information content (AvgIpc) is 2.50. The first-order valence-corrected chi connectivity index (χ1v) is 3.33. The standard InChI is InChI=1S/C9H7O2/c1-10-8-2-3-9-7(6-8)4-5-11-9/h2-3,5-6H,1H3. The molecule has 0 aliphatic carbocycles. The predicted octanol–water partition coefficient (Wildman–Crippen LogP) is 2.24. The molecule has 1 aromatic heterocycles. The van der Waals surface area contributed by atoms with Crippen molar-refractivity contribution in [2.75, 3.05) is 7.11 Å². The fourth-order valence-corrected chi connectivity index (χ4v) is 1.01. The lowest BCUT2D eigenvalue weighted by atomic mass is 10.2. The van der Waals surface area contributed by atoms with Crippen LogP contribution in [0, 0.1) is 6.07 Å². The van der Waals surface area contributed by atoms with Gasteiger partial charge in [-0.1, -0.05) is 0 Å². The third-order valence-electron chi connectivity index (χ3n) is 1.59. The van der Waals surface area contributed by atoms with Crippen molar-refractivity contribution in [2.45, 2.75) is 0 Å². The Hall–Kier alpha value is -1.44. The van der Waals surface area contributed by atoms with Crippen LogP contribution in [0.4, 0.5) is 0 Å². The lowest BCUT2D eigenvalue weighted by Gasteiger charge is -1.96. The number of methoxy groups -OCH3 is 1. The SMILES string of the molecule is COc1ccc2oc[c]c2c1. The summed E-state index contributed by atoms with van der Waals surface area (Å²) in [6, 6.07) is 8.56. The van der Waals surface area contributed by atoms with Crippen molar-refractivity contribution in [2.24, 2.45) is 0 Å². The molecular formula is C9H7O2. The van der Waals surface area contributed by atoms with Gasteiger partial charge in [0.1, 0.15) is 11.3 Å². The van der Waals surface area contributed by atoms with Crippen LogP contribution in [0.15, 0.2) is 28.9 Å². The van der Waals surface area contributed by atoms with E-state index < -0.39 is 0 Å². The molecule has 2 aromatic rings. The molecule has 0 bridgehead atoms. The van der Waals surface area contributed by atoms with Crippen molar-refractivity contribution in [3.05, 3.63) is 30.5 Å². The van der Waals surface area contributed by atoms with Gasteiger partial charge in [0, 0.05) is 11.5 Å². The van der Waals surface area contributed by atoms with Crippen LogP contribution in [0.2, 0.25) is 0 Å². The first-order chi connectivity index (χ1) is 5.40. The minimum atomic E-state index is 0.829. The minimum absolute atomic E-state index is 0.829. The molecule has 0 aliphatic rings. The fourth-order valence-electron chi connectivity index (χ4n) is 1.01. The predicted molar refractivity (Wildman–Crippen MR) is 41.6 cm³/mol. The van der Waals surface area contributed by atoms with E-state index in [4.69, 9.17) is 9.15 Å². The molecule has 0 N–H and O–H groups in total. The van der Waals surface area contributed by atoms with Crippen molar-refractivity contribution < 1.29 is 9.15 Å². The monoisotopic (exact) mass is 147 g/mol. The van der Waals surface area contributed by atoms with Gasteiger partial charge in [-0.15, -0.1) is 0 Å². The quantitative estimate of drug-likeness (QED) is 0.617. The first kappa shape index (κ1) is 6.28. The second-order valence-electron chi connectivity index (χ2n) is 2.24. The minimum Gasteiger partial charge on any atom is -0.497 e. The second-order valence-corrected chi connectivity index (χ2v) is 2.24. The maximum Gasteiger partial charge on any atom is 0.134 e. The lowest BCUT2D eigenvalue weighted by Crippen LogP contribution is -1.79. The van der Waals surface area contributed by atoms with Crippen molar-refractivity contribution in [1.82, 2.24) is 0 Å². The maximum atomic E-state index is 5.11. The van der Waals surface area contributed by atoms with Gasteiger partial charge in [0.2, 0.25) is 0 Å². The molecule has 0 atom stereocenters. The van der Waals surface area contributed by atoms with Gasteiger partial charge in [-0.05, 0) is 18.2 Å². The Morgan fingerprint density at radius 3 is 3.18 bits per heavy atom. The highest BCUT2D eigenvalue weighted by Gasteiger charge is 1.97. The molecule has 0 spiro atoms. The zero-order valence-electron chi connectivity index (χ0n) is 6.13. The molecule has 11 heavy (non-hydrogen) atoms. The molecule has 0 saturated carbocycles. The number of ether oxygens (including phenoxy) is 1. The van der Waals surface area contributed by atoms with Gasteiger partial charge in [-0.2, -0.15) is 0 Å². The van der Waals surface area contributed by atoms with Crippen LogP contribution in [-0.2, 0) is 0 Å². The van der Waals surface area contributed by atoms with E-state index in [1.54, 1.807) is 13.4 Å². The van der Waals surface area contributed by atoms with Crippen LogP contribution in [0.25, 0.3) is 11.0 Å². The Labute approximate surface area is 64.4 Å².